The Bertz CT molecular complexity index is 1080. The zero-order chi connectivity index (χ0) is 18.8. The normalized spacial score (nSPS) is 15.6. The molecule has 0 unspecified atom stereocenters. The maximum Gasteiger partial charge on any atom is 0.266 e. The van der Waals surface area contributed by atoms with E-state index in [2.05, 4.69) is 0 Å². The lowest BCUT2D eigenvalue weighted by Gasteiger charge is -2.24. The first-order chi connectivity index (χ1) is 13.2. The molecule has 3 aromatic rings. The van der Waals surface area contributed by atoms with Gasteiger partial charge in [0.25, 0.3) is 5.56 Å². The lowest BCUT2D eigenvalue weighted by Crippen LogP contribution is -2.31. The zero-order valence-corrected chi connectivity index (χ0v) is 16.4. The van der Waals surface area contributed by atoms with Crippen LogP contribution in [0.3, 0.4) is 0 Å². The second kappa shape index (κ2) is 7.90. The predicted octanol–water partition coefficient (Wildman–Crippen LogP) is 4.06. The molecule has 0 bridgehead atoms. The van der Waals surface area contributed by atoms with Crippen LogP contribution < -0.4 is 11.0 Å². The van der Waals surface area contributed by atoms with Gasteiger partial charge in [-0.05, 0) is 31.4 Å². The monoisotopic (exact) mass is 384 g/mol. The Hall–Kier alpha value is -2.05. The minimum atomic E-state index is -0.201. The topological polar surface area (TPSA) is 61.2 Å². The van der Waals surface area contributed by atoms with Gasteiger partial charge in [-0.15, -0.1) is 11.3 Å². The molecule has 2 heterocycles. The van der Waals surface area contributed by atoms with Gasteiger partial charge in [-0.1, -0.05) is 31.4 Å². The van der Waals surface area contributed by atoms with E-state index in [0.29, 0.717) is 29.3 Å². The molecule has 0 spiro atoms. The first kappa shape index (κ1) is 18.3. The first-order valence-electron chi connectivity index (χ1n) is 9.66. The molecule has 5 nitrogen and oxygen atoms in total. The second-order valence-electron chi connectivity index (χ2n) is 7.22. The van der Waals surface area contributed by atoms with E-state index in [4.69, 9.17) is 9.72 Å². The van der Waals surface area contributed by atoms with E-state index < -0.39 is 0 Å². The quantitative estimate of drug-likeness (QED) is 0.492. The summed E-state index contributed by atoms with van der Waals surface area (Å²) in [4.78, 5) is 31.8. The first-order valence-corrected chi connectivity index (χ1v) is 10.5. The number of ether oxygens (including phenoxy) is 1. The van der Waals surface area contributed by atoms with Crippen LogP contribution >= 0.6 is 11.3 Å². The van der Waals surface area contributed by atoms with Gasteiger partial charge in [0.1, 0.15) is 16.0 Å². The maximum absolute atomic E-state index is 13.3. The van der Waals surface area contributed by atoms with E-state index in [-0.39, 0.29) is 16.4 Å². The highest BCUT2D eigenvalue weighted by atomic mass is 32.1. The third kappa shape index (κ3) is 3.44. The van der Waals surface area contributed by atoms with Crippen LogP contribution in [0.15, 0.2) is 33.9 Å². The van der Waals surface area contributed by atoms with E-state index >= 15 is 0 Å². The molecule has 1 fully saturated rings. The van der Waals surface area contributed by atoms with Crippen molar-refractivity contribution in [2.75, 3.05) is 13.7 Å². The van der Waals surface area contributed by atoms with Gasteiger partial charge in [-0.25, -0.2) is 4.98 Å². The van der Waals surface area contributed by atoms with Crippen LogP contribution in [0.5, 0.6) is 0 Å². The molecule has 2 aromatic heterocycles. The number of aromatic nitrogens is 2. The molecule has 1 aliphatic carbocycles. The number of hydrogen-bond acceptors (Lipinski definition) is 5. The van der Waals surface area contributed by atoms with Gasteiger partial charge in [0.2, 0.25) is 5.43 Å². The number of nitrogens with zero attached hydrogens (tertiary/aromatic N) is 2. The van der Waals surface area contributed by atoms with Crippen LogP contribution in [-0.2, 0) is 11.3 Å². The minimum Gasteiger partial charge on any atom is -0.385 e. The maximum atomic E-state index is 13.3. The molecule has 1 aliphatic rings. The van der Waals surface area contributed by atoms with Gasteiger partial charge >= 0.3 is 0 Å². The van der Waals surface area contributed by atoms with Gasteiger partial charge in [0, 0.05) is 36.3 Å². The van der Waals surface area contributed by atoms with Crippen LogP contribution in [0.1, 0.15) is 50.3 Å². The SMILES string of the molecule is COCCCn1c(C2CCCCC2)nc2sc3ccccc3c(=O)c2c1=O. The molecule has 4 rings (SSSR count). The van der Waals surface area contributed by atoms with Crippen molar-refractivity contribution in [3.8, 4) is 0 Å². The minimum absolute atomic E-state index is 0.191. The van der Waals surface area contributed by atoms with Crippen molar-refractivity contribution in [1.29, 1.82) is 0 Å². The van der Waals surface area contributed by atoms with Crippen LogP contribution in [0.4, 0.5) is 0 Å². The van der Waals surface area contributed by atoms with Gasteiger partial charge in [0.05, 0.1) is 0 Å². The highest BCUT2D eigenvalue weighted by molar-refractivity contribution is 7.24. The Balaban J connectivity index is 1.96. The van der Waals surface area contributed by atoms with E-state index in [1.807, 2.05) is 18.2 Å². The standard InChI is InChI=1S/C21H24N2O3S/c1-26-13-7-12-23-19(14-8-3-2-4-9-14)22-20-17(21(23)25)18(24)15-10-5-6-11-16(15)27-20/h5-6,10-11,14H,2-4,7-9,12-13H2,1H3. The molecule has 142 valence electrons. The molecule has 6 heteroatoms. The van der Waals surface area contributed by atoms with E-state index in [1.165, 1.54) is 30.6 Å². The average Bonchev–Trinajstić information content (AvgIpc) is 2.70. The summed E-state index contributed by atoms with van der Waals surface area (Å²) in [6, 6.07) is 7.46. The van der Waals surface area contributed by atoms with Crippen LogP contribution in [0.25, 0.3) is 20.3 Å². The Morgan fingerprint density at radius 1 is 1.19 bits per heavy atom. The summed E-state index contributed by atoms with van der Waals surface area (Å²) < 4.78 is 7.80. The molecular formula is C21H24N2O3S. The zero-order valence-electron chi connectivity index (χ0n) is 15.6. The van der Waals surface area contributed by atoms with Gasteiger partial charge in [0.15, 0.2) is 0 Å². The summed E-state index contributed by atoms with van der Waals surface area (Å²) in [6.07, 6.45) is 6.44. The van der Waals surface area contributed by atoms with Crippen LogP contribution in [0, 0.1) is 0 Å². The summed E-state index contributed by atoms with van der Waals surface area (Å²) in [5.74, 6) is 1.15. The molecule has 1 aromatic carbocycles. The fourth-order valence-corrected chi connectivity index (χ4v) is 5.10. The summed E-state index contributed by atoms with van der Waals surface area (Å²) in [5, 5.41) is 0.832. The third-order valence-corrected chi connectivity index (χ3v) is 6.50. The molecule has 0 radical (unpaired) electrons. The second-order valence-corrected chi connectivity index (χ2v) is 8.25. The van der Waals surface area contributed by atoms with E-state index in [9.17, 15) is 9.59 Å². The van der Waals surface area contributed by atoms with Gasteiger partial charge in [-0.2, -0.15) is 0 Å². The molecule has 0 saturated heterocycles. The van der Waals surface area contributed by atoms with Crippen molar-refractivity contribution in [1.82, 2.24) is 9.55 Å². The molecule has 0 amide bonds. The van der Waals surface area contributed by atoms with Crippen LogP contribution in [-0.4, -0.2) is 23.3 Å². The number of hydrogen-bond donors (Lipinski definition) is 0. The van der Waals surface area contributed by atoms with Gasteiger partial charge in [-0.3, -0.25) is 14.2 Å². The summed E-state index contributed by atoms with van der Waals surface area (Å²) >= 11 is 1.45. The number of rotatable bonds is 5. The summed E-state index contributed by atoms with van der Waals surface area (Å²) in [5.41, 5.74) is -0.392. The molecule has 27 heavy (non-hydrogen) atoms. The van der Waals surface area contributed by atoms with Crippen molar-refractivity contribution in [2.45, 2.75) is 51.0 Å². The fourth-order valence-electron chi connectivity index (χ4n) is 4.06. The summed E-state index contributed by atoms with van der Waals surface area (Å²) in [7, 11) is 1.66. The average molecular weight is 385 g/mol. The third-order valence-electron chi connectivity index (χ3n) is 5.43. The molecule has 0 N–H and O–H groups in total. The van der Waals surface area contributed by atoms with Crippen LogP contribution in [0.2, 0.25) is 0 Å². The molecule has 0 atom stereocenters. The molecule has 1 saturated carbocycles. The number of fused-ring (bicyclic) bond motifs is 2. The molecule has 0 aliphatic heterocycles. The van der Waals surface area contributed by atoms with Gasteiger partial charge < -0.3 is 4.74 Å². The smallest absolute Gasteiger partial charge is 0.266 e. The lowest BCUT2D eigenvalue weighted by molar-refractivity contribution is 0.189. The van der Waals surface area contributed by atoms with E-state index in [0.717, 1.165) is 29.8 Å². The van der Waals surface area contributed by atoms with E-state index in [1.54, 1.807) is 17.7 Å². The van der Waals surface area contributed by atoms with Crippen molar-refractivity contribution in [3.05, 3.63) is 50.7 Å². The number of benzene rings is 1. The van der Waals surface area contributed by atoms with Crippen molar-refractivity contribution in [3.63, 3.8) is 0 Å². The highest BCUT2D eigenvalue weighted by Gasteiger charge is 2.23. The molecular weight excluding hydrogens is 360 g/mol. The Morgan fingerprint density at radius 3 is 2.74 bits per heavy atom. The largest absolute Gasteiger partial charge is 0.385 e. The Labute approximate surface area is 161 Å². The predicted molar refractivity (Wildman–Crippen MR) is 110 cm³/mol. The lowest BCUT2D eigenvalue weighted by atomic mass is 9.88. The number of methoxy groups -OCH3 is 1. The van der Waals surface area contributed by atoms with Crippen molar-refractivity contribution in [2.24, 2.45) is 0 Å². The Morgan fingerprint density at radius 2 is 1.96 bits per heavy atom. The summed E-state index contributed by atoms with van der Waals surface area (Å²) in [6.45, 7) is 1.12. The van der Waals surface area contributed by atoms with Crippen molar-refractivity contribution < 1.29 is 4.74 Å². The fraction of sp³-hybridized carbons (Fsp3) is 0.476. The van der Waals surface area contributed by atoms with Crippen molar-refractivity contribution >= 4 is 31.6 Å². The highest BCUT2D eigenvalue weighted by Crippen LogP contribution is 2.32. The Kier molecular flexibility index (Phi) is 5.36.